The van der Waals surface area contributed by atoms with Crippen LogP contribution in [-0.2, 0) is 6.42 Å². The predicted molar refractivity (Wildman–Crippen MR) is 80.9 cm³/mol. The fourth-order valence-electron chi connectivity index (χ4n) is 2.03. The maximum Gasteiger partial charge on any atom is 0.127 e. The van der Waals surface area contributed by atoms with Gasteiger partial charge in [0.15, 0.2) is 0 Å². The number of hydrogen-bond donors (Lipinski definition) is 0. The molecule has 1 atom stereocenters. The van der Waals surface area contributed by atoms with Crippen LogP contribution < -0.4 is 9.47 Å². The summed E-state index contributed by atoms with van der Waals surface area (Å²) in [6, 6.07) is 7.87. The van der Waals surface area contributed by atoms with Crippen LogP contribution in [0.1, 0.15) is 28.3 Å². The first-order chi connectivity index (χ1) is 9.21. The Hall–Kier alpha value is -1.19. The summed E-state index contributed by atoms with van der Waals surface area (Å²) in [7, 11) is 3.29. The van der Waals surface area contributed by atoms with Gasteiger partial charge in [-0.1, -0.05) is 6.92 Å². The molecule has 0 amide bonds. The fourth-order valence-corrected chi connectivity index (χ4v) is 3.49. The van der Waals surface area contributed by atoms with E-state index >= 15 is 0 Å². The summed E-state index contributed by atoms with van der Waals surface area (Å²) in [6.45, 7) is 2.14. The van der Waals surface area contributed by atoms with Gasteiger partial charge in [0.1, 0.15) is 11.5 Å². The molecule has 0 aliphatic carbocycles. The van der Waals surface area contributed by atoms with E-state index in [0.717, 1.165) is 23.5 Å². The predicted octanol–water partition coefficient (Wildman–Crippen LogP) is 4.66. The number of alkyl halides is 1. The molecule has 0 saturated heterocycles. The molecule has 0 aliphatic heterocycles. The highest BCUT2D eigenvalue weighted by atomic mass is 35.5. The quantitative estimate of drug-likeness (QED) is 0.747. The maximum absolute atomic E-state index is 6.63. The average molecular weight is 297 g/mol. The van der Waals surface area contributed by atoms with Crippen molar-refractivity contribution in [3.8, 4) is 11.5 Å². The van der Waals surface area contributed by atoms with E-state index in [1.807, 2.05) is 18.2 Å². The third-order valence-electron chi connectivity index (χ3n) is 3.11. The van der Waals surface area contributed by atoms with Crippen LogP contribution in [0.15, 0.2) is 29.6 Å². The highest BCUT2D eigenvalue weighted by Crippen LogP contribution is 2.40. The number of ether oxygens (including phenoxy) is 2. The molecule has 0 fully saturated rings. The smallest absolute Gasteiger partial charge is 0.127 e. The average Bonchev–Trinajstić information content (AvgIpc) is 2.94. The lowest BCUT2D eigenvalue weighted by Gasteiger charge is -2.15. The van der Waals surface area contributed by atoms with Gasteiger partial charge in [-0.25, -0.2) is 0 Å². The maximum atomic E-state index is 6.63. The van der Waals surface area contributed by atoms with E-state index in [1.165, 1.54) is 10.4 Å². The Morgan fingerprint density at radius 2 is 2.00 bits per heavy atom. The summed E-state index contributed by atoms with van der Waals surface area (Å²) >= 11 is 8.31. The number of rotatable bonds is 5. The fraction of sp³-hybridized carbons (Fsp3) is 0.333. The molecule has 0 saturated carbocycles. The largest absolute Gasteiger partial charge is 0.497 e. The van der Waals surface area contributed by atoms with Crippen LogP contribution in [0, 0.1) is 0 Å². The molecule has 0 aliphatic rings. The zero-order chi connectivity index (χ0) is 13.8. The van der Waals surface area contributed by atoms with E-state index in [9.17, 15) is 0 Å². The molecule has 19 heavy (non-hydrogen) atoms. The van der Waals surface area contributed by atoms with Crippen molar-refractivity contribution in [3.63, 3.8) is 0 Å². The number of methoxy groups -OCH3 is 2. The SMILES string of the molecule is CCc1ccsc1C(Cl)c1ccc(OC)cc1OC. The minimum absolute atomic E-state index is 0.184. The van der Waals surface area contributed by atoms with E-state index in [0.29, 0.717) is 0 Å². The molecule has 2 aromatic rings. The minimum atomic E-state index is -0.184. The van der Waals surface area contributed by atoms with E-state index in [-0.39, 0.29) is 5.38 Å². The molecule has 2 rings (SSSR count). The van der Waals surface area contributed by atoms with Crippen LogP contribution in [0.2, 0.25) is 0 Å². The topological polar surface area (TPSA) is 18.5 Å². The highest BCUT2D eigenvalue weighted by molar-refractivity contribution is 7.10. The molecule has 1 aromatic carbocycles. The standard InChI is InChI=1S/C15H17ClO2S/c1-4-10-7-8-19-15(10)14(16)12-6-5-11(17-2)9-13(12)18-3/h5-9,14H,4H2,1-3H3. The summed E-state index contributed by atoms with van der Waals surface area (Å²) in [4.78, 5) is 1.19. The van der Waals surface area contributed by atoms with Gasteiger partial charge in [-0.2, -0.15) is 0 Å². The Kier molecular flexibility index (Phi) is 4.72. The minimum Gasteiger partial charge on any atom is -0.497 e. The molecule has 1 aromatic heterocycles. The zero-order valence-corrected chi connectivity index (χ0v) is 12.8. The van der Waals surface area contributed by atoms with Crippen LogP contribution in [0.4, 0.5) is 0 Å². The zero-order valence-electron chi connectivity index (χ0n) is 11.3. The summed E-state index contributed by atoms with van der Waals surface area (Å²) in [6.07, 6.45) is 0.987. The Bertz CT molecular complexity index is 551. The van der Waals surface area contributed by atoms with Crippen molar-refractivity contribution in [2.24, 2.45) is 0 Å². The lowest BCUT2D eigenvalue weighted by atomic mass is 10.1. The van der Waals surface area contributed by atoms with Crippen molar-refractivity contribution >= 4 is 22.9 Å². The van der Waals surface area contributed by atoms with Crippen molar-refractivity contribution in [3.05, 3.63) is 45.6 Å². The highest BCUT2D eigenvalue weighted by Gasteiger charge is 2.19. The van der Waals surface area contributed by atoms with Gasteiger partial charge < -0.3 is 9.47 Å². The second-order valence-corrected chi connectivity index (χ2v) is 5.52. The summed E-state index contributed by atoms with van der Waals surface area (Å²) in [5.41, 5.74) is 2.27. The van der Waals surface area contributed by atoms with Crippen LogP contribution in [0.3, 0.4) is 0 Å². The van der Waals surface area contributed by atoms with Crippen molar-refractivity contribution in [1.29, 1.82) is 0 Å². The summed E-state index contributed by atoms with van der Waals surface area (Å²) in [5, 5.41) is 1.90. The van der Waals surface area contributed by atoms with Crippen molar-refractivity contribution in [2.45, 2.75) is 18.7 Å². The van der Waals surface area contributed by atoms with Crippen LogP contribution in [0.25, 0.3) is 0 Å². The molecule has 2 nitrogen and oxygen atoms in total. The number of halogens is 1. The van der Waals surface area contributed by atoms with Crippen molar-refractivity contribution in [2.75, 3.05) is 14.2 Å². The lowest BCUT2D eigenvalue weighted by molar-refractivity contribution is 0.391. The second-order valence-electron chi connectivity index (χ2n) is 4.13. The normalized spacial score (nSPS) is 12.2. The molecule has 102 valence electrons. The van der Waals surface area contributed by atoms with Gasteiger partial charge >= 0.3 is 0 Å². The van der Waals surface area contributed by atoms with E-state index in [1.54, 1.807) is 25.6 Å². The Morgan fingerprint density at radius 1 is 1.21 bits per heavy atom. The second kappa shape index (κ2) is 6.31. The molecule has 4 heteroatoms. The van der Waals surface area contributed by atoms with Gasteiger partial charge in [-0.05, 0) is 35.6 Å². The first-order valence-electron chi connectivity index (χ1n) is 6.13. The summed E-state index contributed by atoms with van der Waals surface area (Å²) in [5.74, 6) is 1.53. The van der Waals surface area contributed by atoms with Crippen LogP contribution >= 0.6 is 22.9 Å². The number of benzene rings is 1. The Balaban J connectivity index is 2.41. The van der Waals surface area contributed by atoms with E-state index in [2.05, 4.69) is 18.4 Å². The van der Waals surface area contributed by atoms with Crippen LogP contribution in [-0.4, -0.2) is 14.2 Å². The van der Waals surface area contributed by atoms with Gasteiger partial charge in [0.25, 0.3) is 0 Å². The molecule has 1 unspecified atom stereocenters. The molecule has 0 bridgehead atoms. The van der Waals surface area contributed by atoms with Gasteiger partial charge in [0, 0.05) is 16.5 Å². The Morgan fingerprint density at radius 3 is 2.63 bits per heavy atom. The number of aryl methyl sites for hydroxylation is 1. The monoisotopic (exact) mass is 296 g/mol. The third-order valence-corrected chi connectivity index (χ3v) is 4.71. The third kappa shape index (κ3) is 2.88. The first kappa shape index (κ1) is 14.2. The Labute approximate surface area is 122 Å². The molecule has 1 heterocycles. The first-order valence-corrected chi connectivity index (χ1v) is 7.45. The lowest BCUT2D eigenvalue weighted by Crippen LogP contribution is -1.98. The van der Waals surface area contributed by atoms with Gasteiger partial charge in [0.05, 0.1) is 19.6 Å². The van der Waals surface area contributed by atoms with Crippen LogP contribution in [0.5, 0.6) is 11.5 Å². The number of hydrogen-bond acceptors (Lipinski definition) is 3. The van der Waals surface area contributed by atoms with E-state index in [4.69, 9.17) is 21.1 Å². The van der Waals surface area contributed by atoms with Crippen molar-refractivity contribution < 1.29 is 9.47 Å². The van der Waals surface area contributed by atoms with Gasteiger partial charge in [-0.15, -0.1) is 22.9 Å². The molecule has 0 N–H and O–H groups in total. The van der Waals surface area contributed by atoms with Gasteiger partial charge in [0.2, 0.25) is 0 Å². The molecular formula is C15H17ClO2S. The number of thiophene rings is 1. The molecular weight excluding hydrogens is 280 g/mol. The van der Waals surface area contributed by atoms with Gasteiger partial charge in [-0.3, -0.25) is 0 Å². The van der Waals surface area contributed by atoms with E-state index < -0.39 is 0 Å². The van der Waals surface area contributed by atoms with Crippen molar-refractivity contribution in [1.82, 2.24) is 0 Å². The molecule has 0 radical (unpaired) electrons. The molecule has 0 spiro atoms. The summed E-state index contributed by atoms with van der Waals surface area (Å²) < 4.78 is 10.6.